The first-order valence-electron chi connectivity index (χ1n) is 8.90. The second-order valence-electron chi connectivity index (χ2n) is 6.33. The van der Waals surface area contributed by atoms with Gasteiger partial charge < -0.3 is 14.2 Å². The van der Waals surface area contributed by atoms with Crippen molar-refractivity contribution in [2.45, 2.75) is 27.2 Å². The number of hydrogen-bond acceptors (Lipinski definition) is 5. The SMILES string of the molecule is COc1cc(/C=N\NC(C)=O)cc(Cl)c1OCCCOc1cc(C)cc(C)c1. The summed E-state index contributed by atoms with van der Waals surface area (Å²) in [6.07, 6.45) is 2.18. The van der Waals surface area contributed by atoms with E-state index in [-0.39, 0.29) is 5.91 Å². The molecule has 7 heteroatoms. The zero-order valence-corrected chi connectivity index (χ0v) is 17.3. The number of nitrogens with zero attached hydrogens (tertiary/aromatic N) is 1. The molecule has 2 aromatic carbocycles. The number of amides is 1. The van der Waals surface area contributed by atoms with Crippen LogP contribution < -0.4 is 19.6 Å². The van der Waals surface area contributed by atoms with E-state index in [1.54, 1.807) is 12.1 Å². The van der Waals surface area contributed by atoms with Gasteiger partial charge in [-0.3, -0.25) is 4.79 Å². The summed E-state index contributed by atoms with van der Waals surface area (Å²) < 4.78 is 16.9. The predicted octanol–water partition coefficient (Wildman–Crippen LogP) is 4.28. The van der Waals surface area contributed by atoms with Crippen LogP contribution in [0.4, 0.5) is 0 Å². The Hall–Kier alpha value is -2.73. The maximum Gasteiger partial charge on any atom is 0.236 e. The average Bonchev–Trinajstić information content (AvgIpc) is 2.61. The molecule has 0 fully saturated rings. The van der Waals surface area contributed by atoms with Crippen molar-refractivity contribution < 1.29 is 19.0 Å². The van der Waals surface area contributed by atoms with Crippen molar-refractivity contribution in [2.75, 3.05) is 20.3 Å². The Balaban J connectivity index is 1.90. The highest BCUT2D eigenvalue weighted by molar-refractivity contribution is 6.32. The lowest BCUT2D eigenvalue weighted by molar-refractivity contribution is -0.118. The van der Waals surface area contributed by atoms with E-state index in [1.165, 1.54) is 31.4 Å². The molecule has 0 saturated heterocycles. The molecule has 0 aromatic heterocycles. The van der Waals surface area contributed by atoms with Gasteiger partial charge in [0, 0.05) is 13.3 Å². The Bertz CT molecular complexity index is 832. The number of benzene rings is 2. The summed E-state index contributed by atoms with van der Waals surface area (Å²) in [5.41, 5.74) is 5.36. The molecule has 0 heterocycles. The number of methoxy groups -OCH3 is 1. The molecule has 0 aliphatic rings. The molecule has 1 N–H and O–H groups in total. The van der Waals surface area contributed by atoms with Crippen LogP contribution in [-0.2, 0) is 4.79 Å². The quantitative estimate of drug-likeness (QED) is 0.384. The van der Waals surface area contributed by atoms with Crippen molar-refractivity contribution in [1.29, 1.82) is 0 Å². The van der Waals surface area contributed by atoms with Crippen LogP contribution in [0.2, 0.25) is 5.02 Å². The van der Waals surface area contributed by atoms with Gasteiger partial charge in [-0.15, -0.1) is 0 Å². The summed E-state index contributed by atoms with van der Waals surface area (Å²) in [4.78, 5) is 10.9. The van der Waals surface area contributed by atoms with E-state index >= 15 is 0 Å². The molecule has 0 aliphatic carbocycles. The summed E-state index contributed by atoms with van der Waals surface area (Å²) in [5.74, 6) is 1.56. The summed E-state index contributed by atoms with van der Waals surface area (Å²) in [6, 6.07) is 9.55. The number of carbonyl (C=O) groups excluding carboxylic acids is 1. The second-order valence-corrected chi connectivity index (χ2v) is 6.74. The van der Waals surface area contributed by atoms with Crippen LogP contribution in [0.1, 0.15) is 30.0 Å². The maximum absolute atomic E-state index is 10.9. The number of halogens is 1. The molecule has 0 bridgehead atoms. The van der Waals surface area contributed by atoms with E-state index in [4.69, 9.17) is 25.8 Å². The van der Waals surface area contributed by atoms with Crippen molar-refractivity contribution in [3.8, 4) is 17.2 Å². The van der Waals surface area contributed by atoms with Gasteiger partial charge in [0.05, 0.1) is 31.6 Å². The summed E-state index contributed by atoms with van der Waals surface area (Å²) in [7, 11) is 1.54. The van der Waals surface area contributed by atoms with Crippen LogP contribution in [0.25, 0.3) is 0 Å². The molecule has 2 aromatic rings. The van der Waals surface area contributed by atoms with E-state index in [1.807, 2.05) is 26.0 Å². The molecule has 0 radical (unpaired) electrons. The summed E-state index contributed by atoms with van der Waals surface area (Å²) in [5, 5.41) is 4.22. The molecule has 28 heavy (non-hydrogen) atoms. The third-order valence-corrected chi connectivity index (χ3v) is 3.97. The maximum atomic E-state index is 10.9. The number of aryl methyl sites for hydroxylation is 2. The van der Waals surface area contributed by atoms with Gasteiger partial charge in [0.15, 0.2) is 11.5 Å². The minimum absolute atomic E-state index is 0.252. The number of hydrogen-bond donors (Lipinski definition) is 1. The van der Waals surface area contributed by atoms with Crippen molar-refractivity contribution >= 4 is 23.7 Å². The molecule has 0 saturated carbocycles. The highest BCUT2D eigenvalue weighted by atomic mass is 35.5. The van der Waals surface area contributed by atoms with E-state index < -0.39 is 0 Å². The highest BCUT2D eigenvalue weighted by Crippen LogP contribution is 2.36. The standard InChI is InChI=1S/C21H25ClN2O4/c1-14-8-15(2)10-18(9-14)27-6-5-7-28-21-19(22)11-17(12-20(21)26-4)13-23-24-16(3)25/h8-13H,5-7H2,1-4H3,(H,24,25)/b23-13-. The normalized spacial score (nSPS) is 10.8. The monoisotopic (exact) mass is 404 g/mol. The fraction of sp³-hybridized carbons (Fsp3) is 0.333. The zero-order valence-electron chi connectivity index (χ0n) is 16.5. The number of rotatable bonds is 9. The fourth-order valence-electron chi connectivity index (χ4n) is 2.59. The van der Waals surface area contributed by atoms with Crippen molar-refractivity contribution in [3.05, 3.63) is 52.0 Å². The Kier molecular flexibility index (Phi) is 8.14. The Labute approximate surface area is 170 Å². The van der Waals surface area contributed by atoms with Gasteiger partial charge in [0.25, 0.3) is 0 Å². The molecule has 150 valence electrons. The molecular weight excluding hydrogens is 380 g/mol. The number of nitrogens with one attached hydrogen (secondary N) is 1. The minimum atomic E-state index is -0.252. The molecular formula is C21H25ClN2O4. The summed E-state index contributed by atoms with van der Waals surface area (Å²) in [6.45, 7) is 6.43. The third kappa shape index (κ3) is 6.78. The van der Waals surface area contributed by atoms with Gasteiger partial charge in [-0.2, -0.15) is 5.10 Å². The Morgan fingerprint density at radius 2 is 1.79 bits per heavy atom. The van der Waals surface area contributed by atoms with E-state index in [0.29, 0.717) is 41.7 Å². The molecule has 0 unspecified atom stereocenters. The number of carbonyl (C=O) groups is 1. The van der Waals surface area contributed by atoms with Gasteiger partial charge in [0.1, 0.15) is 5.75 Å². The van der Waals surface area contributed by atoms with E-state index in [2.05, 4.69) is 16.6 Å². The Morgan fingerprint density at radius 1 is 1.11 bits per heavy atom. The van der Waals surface area contributed by atoms with Crippen molar-refractivity contribution in [1.82, 2.24) is 5.43 Å². The molecule has 1 amide bonds. The first kappa shape index (κ1) is 21.6. The first-order chi connectivity index (χ1) is 13.4. The van der Waals surface area contributed by atoms with Crippen LogP contribution in [0, 0.1) is 13.8 Å². The van der Waals surface area contributed by atoms with Gasteiger partial charge >= 0.3 is 0 Å². The molecule has 2 rings (SSSR count). The van der Waals surface area contributed by atoms with Crippen LogP contribution in [0.3, 0.4) is 0 Å². The molecule has 0 atom stereocenters. The highest BCUT2D eigenvalue weighted by Gasteiger charge is 2.11. The van der Waals surface area contributed by atoms with Crippen molar-refractivity contribution in [2.24, 2.45) is 5.10 Å². The van der Waals surface area contributed by atoms with Gasteiger partial charge in [-0.05, 0) is 54.8 Å². The minimum Gasteiger partial charge on any atom is -0.493 e. The lowest BCUT2D eigenvalue weighted by atomic mass is 10.1. The van der Waals surface area contributed by atoms with Crippen LogP contribution >= 0.6 is 11.6 Å². The largest absolute Gasteiger partial charge is 0.493 e. The van der Waals surface area contributed by atoms with E-state index in [9.17, 15) is 4.79 Å². The second kappa shape index (κ2) is 10.6. The lowest BCUT2D eigenvalue weighted by Crippen LogP contribution is -2.12. The van der Waals surface area contributed by atoms with Crippen molar-refractivity contribution in [3.63, 3.8) is 0 Å². The number of ether oxygens (including phenoxy) is 3. The number of hydrazone groups is 1. The fourth-order valence-corrected chi connectivity index (χ4v) is 2.87. The van der Waals surface area contributed by atoms with Crippen LogP contribution in [-0.4, -0.2) is 32.4 Å². The molecule has 0 aliphatic heterocycles. The lowest BCUT2D eigenvalue weighted by Gasteiger charge is -2.14. The van der Waals surface area contributed by atoms with Gasteiger partial charge in [-0.1, -0.05) is 17.7 Å². The van der Waals surface area contributed by atoms with Crippen LogP contribution in [0.5, 0.6) is 17.2 Å². The third-order valence-electron chi connectivity index (χ3n) is 3.69. The molecule has 0 spiro atoms. The van der Waals surface area contributed by atoms with Crippen LogP contribution in [0.15, 0.2) is 35.4 Å². The topological polar surface area (TPSA) is 69.2 Å². The molecule has 6 nitrogen and oxygen atoms in total. The smallest absolute Gasteiger partial charge is 0.236 e. The summed E-state index contributed by atoms with van der Waals surface area (Å²) >= 11 is 6.31. The average molecular weight is 405 g/mol. The Morgan fingerprint density at radius 3 is 2.43 bits per heavy atom. The predicted molar refractivity (Wildman–Crippen MR) is 111 cm³/mol. The van der Waals surface area contributed by atoms with Gasteiger partial charge in [0.2, 0.25) is 5.91 Å². The van der Waals surface area contributed by atoms with E-state index in [0.717, 1.165) is 5.75 Å². The first-order valence-corrected chi connectivity index (χ1v) is 9.28. The zero-order chi connectivity index (χ0) is 20.5. The van der Waals surface area contributed by atoms with Gasteiger partial charge in [-0.25, -0.2) is 5.43 Å².